The number of methoxy groups -OCH3 is 1. The van der Waals surface area contributed by atoms with E-state index in [-0.39, 0.29) is 0 Å². The molecular weight excluding hydrogens is 340 g/mol. The highest BCUT2D eigenvalue weighted by molar-refractivity contribution is 7.12. The van der Waals surface area contributed by atoms with Crippen LogP contribution >= 0.6 is 11.3 Å². The van der Waals surface area contributed by atoms with Crippen molar-refractivity contribution in [1.29, 1.82) is 0 Å². The highest BCUT2D eigenvalue weighted by atomic mass is 32.1. The Balaban J connectivity index is 1.22. The lowest BCUT2D eigenvalue weighted by Crippen LogP contribution is -1.98. The first-order valence-corrected chi connectivity index (χ1v) is 9.61. The maximum absolute atomic E-state index is 5.80. The normalized spacial score (nSPS) is 13.6. The van der Waals surface area contributed by atoms with E-state index in [1.165, 1.54) is 19.3 Å². The van der Waals surface area contributed by atoms with E-state index in [2.05, 4.69) is 10.1 Å². The van der Waals surface area contributed by atoms with Crippen molar-refractivity contribution in [2.24, 2.45) is 4.99 Å². The Morgan fingerprint density at radius 2 is 2.04 bits per heavy atom. The SMILES string of the molecule is COc1cc(CCCCCCCOc2csc(C3=NCCO3)c2)on1. The number of unbranched alkanes of at least 4 members (excludes halogenated alkanes) is 4. The predicted octanol–water partition coefficient (Wildman–Crippen LogP) is 4.09. The minimum Gasteiger partial charge on any atom is -0.493 e. The number of rotatable bonds is 11. The molecule has 0 spiro atoms. The van der Waals surface area contributed by atoms with Gasteiger partial charge in [0.25, 0.3) is 5.88 Å². The molecule has 1 aliphatic rings. The maximum atomic E-state index is 5.80. The van der Waals surface area contributed by atoms with E-state index >= 15 is 0 Å². The molecule has 0 aliphatic carbocycles. The lowest BCUT2D eigenvalue weighted by atomic mass is 10.1. The molecule has 0 atom stereocenters. The zero-order chi connectivity index (χ0) is 17.3. The maximum Gasteiger partial charge on any atom is 0.254 e. The van der Waals surface area contributed by atoms with Crippen molar-refractivity contribution >= 4 is 17.2 Å². The average Bonchev–Trinajstić information content (AvgIpc) is 3.38. The van der Waals surface area contributed by atoms with Crippen molar-refractivity contribution in [3.63, 3.8) is 0 Å². The van der Waals surface area contributed by atoms with E-state index in [4.69, 9.17) is 18.7 Å². The number of aryl methyl sites for hydroxylation is 1. The fourth-order valence-corrected chi connectivity index (χ4v) is 3.41. The third-order valence-electron chi connectivity index (χ3n) is 3.95. The predicted molar refractivity (Wildman–Crippen MR) is 97.0 cm³/mol. The molecule has 0 N–H and O–H groups in total. The Morgan fingerprint density at radius 1 is 1.16 bits per heavy atom. The summed E-state index contributed by atoms with van der Waals surface area (Å²) in [6.07, 6.45) is 6.65. The first kappa shape index (κ1) is 17.8. The zero-order valence-corrected chi connectivity index (χ0v) is 15.3. The molecule has 3 heterocycles. The first-order chi connectivity index (χ1) is 12.3. The van der Waals surface area contributed by atoms with Crippen LogP contribution in [0.25, 0.3) is 0 Å². The highest BCUT2D eigenvalue weighted by Gasteiger charge is 2.13. The Labute approximate surface area is 151 Å². The van der Waals surface area contributed by atoms with Crippen LogP contribution in [0.5, 0.6) is 11.6 Å². The number of thiophene rings is 1. The van der Waals surface area contributed by atoms with Crippen LogP contribution in [0.2, 0.25) is 0 Å². The Morgan fingerprint density at radius 3 is 2.84 bits per heavy atom. The fourth-order valence-electron chi connectivity index (χ4n) is 2.62. The molecule has 3 rings (SSSR count). The first-order valence-electron chi connectivity index (χ1n) is 8.73. The number of hydrogen-bond donors (Lipinski definition) is 0. The zero-order valence-electron chi connectivity index (χ0n) is 14.5. The Hall–Kier alpha value is -2.02. The minimum absolute atomic E-state index is 0.551. The monoisotopic (exact) mass is 364 g/mol. The van der Waals surface area contributed by atoms with Gasteiger partial charge in [-0.05, 0) is 18.0 Å². The minimum atomic E-state index is 0.551. The molecule has 0 saturated heterocycles. The number of aromatic nitrogens is 1. The van der Waals surface area contributed by atoms with Gasteiger partial charge in [-0.15, -0.1) is 11.3 Å². The molecule has 0 aromatic carbocycles. The molecule has 0 saturated carbocycles. The molecule has 6 nitrogen and oxygen atoms in total. The van der Waals surface area contributed by atoms with Crippen molar-refractivity contribution in [2.45, 2.75) is 38.5 Å². The van der Waals surface area contributed by atoms with Crippen LogP contribution < -0.4 is 9.47 Å². The third-order valence-corrected chi connectivity index (χ3v) is 4.85. The van der Waals surface area contributed by atoms with Crippen molar-refractivity contribution in [3.05, 3.63) is 28.2 Å². The molecule has 0 amide bonds. The number of aliphatic imine (C=N–C) groups is 1. The summed E-state index contributed by atoms with van der Waals surface area (Å²) in [5.41, 5.74) is 0. The van der Waals surface area contributed by atoms with E-state index < -0.39 is 0 Å². The topological polar surface area (TPSA) is 66.1 Å². The van der Waals surface area contributed by atoms with E-state index in [1.807, 2.05) is 17.5 Å². The fraction of sp³-hybridized carbons (Fsp3) is 0.556. The molecule has 0 fully saturated rings. The quantitative estimate of drug-likeness (QED) is 0.562. The van der Waals surface area contributed by atoms with Crippen LogP contribution in [0, 0.1) is 0 Å². The van der Waals surface area contributed by atoms with Gasteiger partial charge in [-0.25, -0.2) is 4.99 Å². The Kier molecular flexibility index (Phi) is 6.73. The van der Waals surface area contributed by atoms with Crippen LogP contribution in [0.3, 0.4) is 0 Å². The van der Waals surface area contributed by atoms with Crippen LogP contribution in [-0.4, -0.2) is 37.9 Å². The van der Waals surface area contributed by atoms with Gasteiger partial charge in [-0.2, -0.15) is 0 Å². The van der Waals surface area contributed by atoms with Gasteiger partial charge in [0, 0.05) is 23.9 Å². The molecule has 0 unspecified atom stereocenters. The third kappa shape index (κ3) is 5.49. The molecule has 1 aliphatic heterocycles. The van der Waals surface area contributed by atoms with Gasteiger partial charge in [0.1, 0.15) is 18.1 Å². The van der Waals surface area contributed by atoms with Crippen LogP contribution in [0.1, 0.15) is 42.7 Å². The summed E-state index contributed by atoms with van der Waals surface area (Å²) < 4.78 is 21.4. The van der Waals surface area contributed by atoms with Gasteiger partial charge < -0.3 is 18.7 Å². The highest BCUT2D eigenvalue weighted by Crippen LogP contribution is 2.24. The van der Waals surface area contributed by atoms with E-state index in [0.717, 1.165) is 54.7 Å². The summed E-state index contributed by atoms with van der Waals surface area (Å²) in [6.45, 7) is 2.20. The molecule has 2 aromatic heterocycles. The molecular formula is C18H24N2O4S. The average molecular weight is 364 g/mol. The van der Waals surface area contributed by atoms with Crippen LogP contribution in [-0.2, 0) is 11.2 Å². The molecule has 0 bridgehead atoms. The number of ether oxygens (including phenoxy) is 3. The molecule has 136 valence electrons. The van der Waals surface area contributed by atoms with E-state index in [9.17, 15) is 0 Å². The van der Waals surface area contributed by atoms with Crippen molar-refractivity contribution in [1.82, 2.24) is 5.16 Å². The summed E-state index contributed by atoms with van der Waals surface area (Å²) in [4.78, 5) is 5.37. The second kappa shape index (κ2) is 9.46. The van der Waals surface area contributed by atoms with Crippen LogP contribution in [0.15, 0.2) is 27.0 Å². The lowest BCUT2D eigenvalue weighted by Gasteiger charge is -2.03. The standard InChI is InChI=1S/C18H24N2O4S/c1-21-17-12-14(24-20-17)7-5-3-2-4-6-9-22-15-11-16(25-13-15)18-19-8-10-23-18/h11-13H,2-10H2,1H3. The Bertz CT molecular complexity index is 680. The van der Waals surface area contributed by atoms with Crippen molar-refractivity contribution < 1.29 is 18.7 Å². The van der Waals surface area contributed by atoms with Gasteiger partial charge >= 0.3 is 0 Å². The number of hydrogen-bond acceptors (Lipinski definition) is 7. The van der Waals surface area contributed by atoms with Crippen molar-refractivity contribution in [2.75, 3.05) is 26.9 Å². The van der Waals surface area contributed by atoms with E-state index in [0.29, 0.717) is 12.5 Å². The van der Waals surface area contributed by atoms with Gasteiger partial charge in [-0.1, -0.05) is 19.3 Å². The molecule has 2 aromatic rings. The summed E-state index contributed by atoms with van der Waals surface area (Å²) in [5, 5.41) is 5.82. The van der Waals surface area contributed by atoms with E-state index in [1.54, 1.807) is 18.4 Å². The van der Waals surface area contributed by atoms with Gasteiger partial charge in [0.2, 0.25) is 5.90 Å². The number of nitrogens with zero attached hydrogens (tertiary/aromatic N) is 2. The van der Waals surface area contributed by atoms with Gasteiger partial charge in [-0.3, -0.25) is 0 Å². The van der Waals surface area contributed by atoms with Crippen molar-refractivity contribution in [3.8, 4) is 11.6 Å². The molecule has 25 heavy (non-hydrogen) atoms. The summed E-state index contributed by atoms with van der Waals surface area (Å²) in [6, 6.07) is 3.87. The van der Waals surface area contributed by atoms with Gasteiger partial charge in [0.05, 0.1) is 25.1 Å². The lowest BCUT2D eigenvalue weighted by molar-refractivity contribution is 0.304. The summed E-state index contributed by atoms with van der Waals surface area (Å²) in [5.74, 6) is 3.11. The summed E-state index contributed by atoms with van der Waals surface area (Å²) >= 11 is 1.62. The smallest absolute Gasteiger partial charge is 0.254 e. The molecule has 0 radical (unpaired) electrons. The van der Waals surface area contributed by atoms with Crippen LogP contribution in [0.4, 0.5) is 0 Å². The summed E-state index contributed by atoms with van der Waals surface area (Å²) in [7, 11) is 1.59. The largest absolute Gasteiger partial charge is 0.493 e. The molecule has 7 heteroatoms. The van der Waals surface area contributed by atoms with Gasteiger partial charge in [0.15, 0.2) is 0 Å². The second-order valence-electron chi connectivity index (χ2n) is 5.88. The second-order valence-corrected chi connectivity index (χ2v) is 6.80.